The summed E-state index contributed by atoms with van der Waals surface area (Å²) in [5.74, 6) is -3.75. The van der Waals surface area contributed by atoms with Crippen molar-refractivity contribution in [3.05, 3.63) is 113 Å². The van der Waals surface area contributed by atoms with Crippen LogP contribution in [0.1, 0.15) is 93.5 Å². The minimum atomic E-state index is -1.31. The van der Waals surface area contributed by atoms with E-state index >= 15 is 0 Å². The van der Waals surface area contributed by atoms with Gasteiger partial charge in [0.15, 0.2) is 5.69 Å². The quantitative estimate of drug-likeness (QED) is 0.0431. The van der Waals surface area contributed by atoms with Crippen molar-refractivity contribution in [1.29, 1.82) is 5.41 Å². The van der Waals surface area contributed by atoms with Crippen LogP contribution < -0.4 is 20.7 Å². The number of nitrogens with zero attached hydrogens (tertiary/aromatic N) is 2. The van der Waals surface area contributed by atoms with Crippen molar-refractivity contribution in [3.8, 4) is 16.9 Å². The number of anilines is 1. The zero-order valence-corrected chi connectivity index (χ0v) is 33.5. The lowest BCUT2D eigenvalue weighted by atomic mass is 9.94. The molecule has 3 amide bonds. The van der Waals surface area contributed by atoms with Gasteiger partial charge in [-0.3, -0.25) is 25.1 Å². The highest BCUT2D eigenvalue weighted by Gasteiger charge is 2.28. The third-order valence-corrected chi connectivity index (χ3v) is 8.80. The number of benzene rings is 2. The van der Waals surface area contributed by atoms with Crippen LogP contribution in [0.15, 0.2) is 79.5 Å². The zero-order valence-electron chi connectivity index (χ0n) is 33.5. The topological polar surface area (TPSA) is 234 Å². The minimum absolute atomic E-state index is 0.0237. The first-order valence-corrected chi connectivity index (χ1v) is 18.8. The summed E-state index contributed by atoms with van der Waals surface area (Å²) >= 11 is 0. The van der Waals surface area contributed by atoms with Crippen LogP contribution in [0.2, 0.25) is 0 Å². The molecule has 0 radical (unpaired) electrons. The predicted molar refractivity (Wildman–Crippen MR) is 217 cm³/mol. The molecular weight excluding hydrogens is 777 g/mol. The fourth-order valence-corrected chi connectivity index (χ4v) is 5.47. The number of methoxy groups -OCH3 is 1. The number of ether oxygens (including phenoxy) is 5. The molecule has 60 heavy (non-hydrogen) atoms. The van der Waals surface area contributed by atoms with Gasteiger partial charge in [-0.05, 0) is 79.4 Å². The number of alkyl carbamates (subject to hydrolysis) is 1. The van der Waals surface area contributed by atoms with Crippen molar-refractivity contribution in [1.82, 2.24) is 20.6 Å². The fraction of sp³-hybridized carbons (Fsp3) is 0.279. The van der Waals surface area contributed by atoms with Gasteiger partial charge in [0.25, 0.3) is 11.8 Å². The highest BCUT2D eigenvalue weighted by molar-refractivity contribution is 6.11. The van der Waals surface area contributed by atoms with E-state index in [0.29, 0.717) is 23.8 Å². The van der Waals surface area contributed by atoms with Gasteiger partial charge in [-0.25, -0.2) is 24.4 Å². The summed E-state index contributed by atoms with van der Waals surface area (Å²) in [4.78, 5) is 86.1. The molecule has 17 nitrogen and oxygen atoms in total. The molecule has 1 fully saturated rings. The first-order chi connectivity index (χ1) is 28.7. The SMILES string of the molecule is C=Cc1cc(C(=O)Nc2ccc(C(=N)NC(=O)OC(C)OC(=O)c3ccccn3)cc2)c(-c2ccc(C(=O)NCC3CC3)nc2C(=O)OC(C)OC(=O)C(C)C)cc1OC. The van der Waals surface area contributed by atoms with Gasteiger partial charge in [-0.15, -0.1) is 0 Å². The highest BCUT2D eigenvalue weighted by Crippen LogP contribution is 2.35. The van der Waals surface area contributed by atoms with E-state index in [4.69, 9.17) is 29.1 Å². The Morgan fingerprint density at radius 1 is 0.833 bits per heavy atom. The van der Waals surface area contributed by atoms with Crippen LogP contribution in [0.4, 0.5) is 10.5 Å². The molecule has 2 aromatic carbocycles. The number of nitrogens with one attached hydrogen (secondary N) is 4. The molecule has 1 aliphatic carbocycles. The van der Waals surface area contributed by atoms with Gasteiger partial charge in [-0.2, -0.15) is 0 Å². The van der Waals surface area contributed by atoms with Crippen molar-refractivity contribution in [2.24, 2.45) is 11.8 Å². The molecule has 312 valence electrons. The number of hydrogen-bond donors (Lipinski definition) is 4. The maximum absolute atomic E-state index is 14.1. The Hall–Kier alpha value is -7.43. The fourth-order valence-electron chi connectivity index (χ4n) is 5.47. The van der Waals surface area contributed by atoms with E-state index in [-0.39, 0.29) is 50.9 Å². The van der Waals surface area contributed by atoms with Crippen molar-refractivity contribution in [3.63, 3.8) is 0 Å². The van der Waals surface area contributed by atoms with E-state index in [1.165, 1.54) is 87.8 Å². The van der Waals surface area contributed by atoms with Crippen molar-refractivity contribution in [2.75, 3.05) is 19.0 Å². The van der Waals surface area contributed by atoms with Gasteiger partial charge in [0, 0.05) is 60.1 Å². The summed E-state index contributed by atoms with van der Waals surface area (Å²) in [5, 5.41) is 16.2. The molecule has 0 spiro atoms. The van der Waals surface area contributed by atoms with Crippen molar-refractivity contribution >= 4 is 53.4 Å². The number of amides is 3. The van der Waals surface area contributed by atoms with Crippen LogP contribution in [0.25, 0.3) is 17.2 Å². The summed E-state index contributed by atoms with van der Waals surface area (Å²) in [6, 6.07) is 16.5. The number of pyridine rings is 2. The van der Waals surface area contributed by atoms with Gasteiger partial charge in [0.2, 0.25) is 12.6 Å². The molecule has 2 atom stereocenters. The molecular formula is C43H44N6O11. The summed E-state index contributed by atoms with van der Waals surface area (Å²) in [5.41, 5.74) is 0.903. The molecule has 1 aliphatic rings. The molecule has 0 aliphatic heterocycles. The standard InChI is InChI=1S/C43H44N6O11/c1-7-27-20-32(38(50)47-29-15-13-28(14-16-29)37(44)49-43(55)60-25(5)58-41(53)34-10-8-9-19-45-34)31(21-35(27)56-6)30-17-18-33(39(51)46-22-26-11-12-26)48-36(30)42(54)59-24(4)57-40(52)23(2)3/h7-10,13-21,23-26H,1,11-12,22H2,2-6H3,(H,46,51)(H,47,50)(H2,44,49,55). The van der Waals surface area contributed by atoms with Crippen molar-refractivity contribution in [2.45, 2.75) is 53.1 Å². The van der Waals surface area contributed by atoms with Crippen LogP contribution in [0.5, 0.6) is 5.75 Å². The lowest BCUT2D eigenvalue weighted by molar-refractivity contribution is -0.169. The maximum atomic E-state index is 14.1. The molecule has 2 heterocycles. The van der Waals surface area contributed by atoms with E-state index in [0.717, 1.165) is 12.8 Å². The number of amidine groups is 1. The number of carbonyl (C=O) groups is 6. The molecule has 5 rings (SSSR count). The monoisotopic (exact) mass is 820 g/mol. The number of esters is 3. The third kappa shape index (κ3) is 11.6. The zero-order chi connectivity index (χ0) is 43.5. The first-order valence-electron chi connectivity index (χ1n) is 18.8. The molecule has 2 aromatic heterocycles. The van der Waals surface area contributed by atoms with E-state index < -0.39 is 54.3 Å². The Balaban J connectivity index is 1.37. The van der Waals surface area contributed by atoms with Gasteiger partial charge in [0.1, 0.15) is 23.0 Å². The van der Waals surface area contributed by atoms with Crippen LogP contribution in [0.3, 0.4) is 0 Å². The normalized spacial score (nSPS) is 12.8. The molecule has 0 bridgehead atoms. The van der Waals surface area contributed by atoms with Crippen LogP contribution in [-0.2, 0) is 23.7 Å². The van der Waals surface area contributed by atoms with Crippen LogP contribution >= 0.6 is 0 Å². The Morgan fingerprint density at radius 2 is 1.53 bits per heavy atom. The van der Waals surface area contributed by atoms with E-state index in [1.54, 1.807) is 26.0 Å². The summed E-state index contributed by atoms with van der Waals surface area (Å²) in [6.07, 6.45) is 1.23. The molecule has 0 saturated heterocycles. The smallest absolute Gasteiger partial charge is 0.415 e. The van der Waals surface area contributed by atoms with E-state index in [2.05, 4.69) is 32.5 Å². The molecule has 4 aromatic rings. The second-order valence-electron chi connectivity index (χ2n) is 13.8. The number of carbonyl (C=O) groups excluding carboxylic acids is 6. The lowest BCUT2D eigenvalue weighted by Gasteiger charge is -2.19. The Labute approximate surface area is 345 Å². The van der Waals surface area contributed by atoms with E-state index in [1.807, 2.05) is 0 Å². The van der Waals surface area contributed by atoms with Gasteiger partial charge in [-0.1, -0.05) is 32.6 Å². The average Bonchev–Trinajstić information content (AvgIpc) is 4.07. The second kappa shape index (κ2) is 19.8. The summed E-state index contributed by atoms with van der Waals surface area (Å²) < 4.78 is 26.4. The lowest BCUT2D eigenvalue weighted by Crippen LogP contribution is -2.34. The van der Waals surface area contributed by atoms with Crippen molar-refractivity contribution < 1.29 is 52.5 Å². The van der Waals surface area contributed by atoms with Gasteiger partial charge < -0.3 is 34.3 Å². The van der Waals surface area contributed by atoms with Gasteiger partial charge >= 0.3 is 24.0 Å². The number of rotatable bonds is 16. The average molecular weight is 821 g/mol. The van der Waals surface area contributed by atoms with Crippen LogP contribution in [0, 0.1) is 17.2 Å². The molecule has 4 N–H and O–H groups in total. The third-order valence-electron chi connectivity index (χ3n) is 8.80. The number of hydrogen-bond acceptors (Lipinski definition) is 14. The molecule has 2 unspecified atom stereocenters. The second-order valence-corrected chi connectivity index (χ2v) is 13.8. The summed E-state index contributed by atoms with van der Waals surface area (Å²) in [6.45, 7) is 10.2. The Bertz CT molecular complexity index is 2290. The highest BCUT2D eigenvalue weighted by atomic mass is 16.7. The van der Waals surface area contributed by atoms with Gasteiger partial charge in [0.05, 0.1) is 13.0 Å². The molecule has 17 heteroatoms. The summed E-state index contributed by atoms with van der Waals surface area (Å²) in [7, 11) is 1.42. The first kappa shape index (κ1) is 43.7. The molecule has 1 saturated carbocycles. The largest absolute Gasteiger partial charge is 0.496 e. The Morgan fingerprint density at radius 3 is 2.17 bits per heavy atom. The maximum Gasteiger partial charge on any atom is 0.415 e. The van der Waals surface area contributed by atoms with Crippen LogP contribution in [-0.4, -0.2) is 77.9 Å². The predicted octanol–water partition coefficient (Wildman–Crippen LogP) is 6.14. The number of aromatic nitrogens is 2. The van der Waals surface area contributed by atoms with E-state index in [9.17, 15) is 28.8 Å². The minimum Gasteiger partial charge on any atom is -0.496 e. The Kier molecular flexibility index (Phi) is 14.4.